The van der Waals surface area contributed by atoms with Crippen molar-refractivity contribution in [2.24, 2.45) is 5.92 Å². The van der Waals surface area contributed by atoms with Crippen molar-refractivity contribution in [3.05, 3.63) is 40.4 Å². The van der Waals surface area contributed by atoms with Crippen LogP contribution >= 0.6 is 11.8 Å². The maximum atomic E-state index is 12.9. The minimum atomic E-state index is -0.369. The van der Waals surface area contributed by atoms with E-state index in [1.807, 2.05) is 27.8 Å². The van der Waals surface area contributed by atoms with E-state index in [2.05, 4.69) is 25.2 Å². The second kappa shape index (κ2) is 8.06. The molecule has 0 radical (unpaired) electrons. The summed E-state index contributed by atoms with van der Waals surface area (Å²) >= 11 is 0.910. The van der Waals surface area contributed by atoms with Crippen molar-refractivity contribution < 1.29 is 14.4 Å². The van der Waals surface area contributed by atoms with Crippen LogP contribution in [0.25, 0.3) is 17.0 Å². The molecule has 0 aliphatic carbocycles. The molecule has 7 heteroatoms. The number of carbonyl (C=O) groups is 3. The number of nitrogens with one attached hydrogen (secondary N) is 1. The summed E-state index contributed by atoms with van der Waals surface area (Å²) in [5.74, 6) is 0.433. The van der Waals surface area contributed by atoms with E-state index in [4.69, 9.17) is 0 Å². The van der Waals surface area contributed by atoms with Gasteiger partial charge in [0.15, 0.2) is 0 Å². The lowest BCUT2D eigenvalue weighted by Crippen LogP contribution is -2.39. The number of para-hydroxylation sites is 1. The molecule has 3 heterocycles. The summed E-state index contributed by atoms with van der Waals surface area (Å²) in [7, 11) is 0. The van der Waals surface area contributed by atoms with Crippen LogP contribution in [0.2, 0.25) is 0 Å². The molecule has 1 N–H and O–H groups in total. The van der Waals surface area contributed by atoms with Gasteiger partial charge in [0.1, 0.15) is 6.54 Å². The minimum absolute atomic E-state index is 0.127. The van der Waals surface area contributed by atoms with Crippen LogP contribution in [0.15, 0.2) is 29.3 Å². The fourth-order valence-corrected chi connectivity index (χ4v) is 4.73. The van der Waals surface area contributed by atoms with Gasteiger partial charge < -0.3 is 9.47 Å². The van der Waals surface area contributed by atoms with E-state index < -0.39 is 0 Å². The first-order valence-electron chi connectivity index (χ1n) is 10.1. The number of fused-ring (bicyclic) bond motifs is 1. The van der Waals surface area contributed by atoms with E-state index >= 15 is 0 Å². The number of piperidine rings is 1. The highest BCUT2D eigenvalue weighted by atomic mass is 32.2. The van der Waals surface area contributed by atoms with Crippen molar-refractivity contribution >= 4 is 45.8 Å². The van der Waals surface area contributed by atoms with Crippen LogP contribution in [0.3, 0.4) is 0 Å². The third-order valence-electron chi connectivity index (χ3n) is 5.76. The predicted molar refractivity (Wildman–Crippen MR) is 115 cm³/mol. The number of nitrogens with zero attached hydrogens (tertiary/aromatic N) is 2. The zero-order chi connectivity index (χ0) is 20.5. The monoisotopic (exact) mass is 411 g/mol. The summed E-state index contributed by atoms with van der Waals surface area (Å²) in [6, 6.07) is 6.07. The van der Waals surface area contributed by atoms with Gasteiger partial charge in [-0.15, -0.1) is 0 Å². The van der Waals surface area contributed by atoms with E-state index in [-0.39, 0.29) is 23.6 Å². The molecule has 1 aromatic heterocycles. The second-order valence-electron chi connectivity index (χ2n) is 7.79. The van der Waals surface area contributed by atoms with E-state index in [9.17, 15) is 14.4 Å². The SMILES string of the molecule is CCc1cccc2c(/C=C3\SC(=O)NC3=O)cn(CC(=O)N3CCC(C)CC3)c12. The fraction of sp³-hybridized carbons (Fsp3) is 0.409. The molecule has 0 saturated carbocycles. The van der Waals surface area contributed by atoms with Crippen molar-refractivity contribution in [1.29, 1.82) is 0 Å². The van der Waals surface area contributed by atoms with Crippen LogP contribution in [0, 0.1) is 5.92 Å². The number of imide groups is 1. The fourth-order valence-electron chi connectivity index (χ4n) is 4.06. The van der Waals surface area contributed by atoms with Gasteiger partial charge in [0.2, 0.25) is 5.91 Å². The lowest BCUT2D eigenvalue weighted by molar-refractivity contribution is -0.133. The van der Waals surface area contributed by atoms with E-state index in [1.165, 1.54) is 0 Å². The number of rotatable bonds is 4. The Morgan fingerprint density at radius 3 is 2.69 bits per heavy atom. The van der Waals surface area contributed by atoms with Gasteiger partial charge in [-0.05, 0) is 48.6 Å². The van der Waals surface area contributed by atoms with Crippen molar-refractivity contribution in [1.82, 2.24) is 14.8 Å². The van der Waals surface area contributed by atoms with Crippen molar-refractivity contribution in [3.8, 4) is 0 Å². The van der Waals surface area contributed by atoms with Crippen LogP contribution in [0.5, 0.6) is 0 Å². The number of likely N-dealkylation sites (tertiary alicyclic amines) is 1. The Balaban J connectivity index is 1.70. The number of amides is 3. The molecule has 2 fully saturated rings. The van der Waals surface area contributed by atoms with Crippen molar-refractivity contribution in [3.63, 3.8) is 0 Å². The van der Waals surface area contributed by atoms with Crippen LogP contribution < -0.4 is 5.32 Å². The minimum Gasteiger partial charge on any atom is -0.341 e. The Morgan fingerprint density at radius 1 is 1.28 bits per heavy atom. The number of aromatic nitrogens is 1. The Hall–Kier alpha value is -2.54. The smallest absolute Gasteiger partial charge is 0.290 e. The quantitative estimate of drug-likeness (QED) is 0.777. The zero-order valence-corrected chi connectivity index (χ0v) is 17.6. The summed E-state index contributed by atoms with van der Waals surface area (Å²) in [4.78, 5) is 38.8. The molecule has 1 aromatic carbocycles. The summed E-state index contributed by atoms with van der Waals surface area (Å²) in [5.41, 5.74) is 3.03. The highest BCUT2D eigenvalue weighted by Gasteiger charge is 2.26. The molecular weight excluding hydrogens is 386 g/mol. The third kappa shape index (κ3) is 3.96. The molecule has 0 unspecified atom stereocenters. The standard InChI is InChI=1S/C22H25N3O3S/c1-3-15-5-4-6-17-16(11-18-21(27)23-22(28)29-18)12-25(20(15)17)13-19(26)24-9-7-14(2)8-10-24/h4-6,11-12,14H,3,7-10,13H2,1-2H3,(H,23,27,28)/b18-11-. The lowest BCUT2D eigenvalue weighted by Gasteiger charge is -2.30. The molecule has 2 aliphatic heterocycles. The topological polar surface area (TPSA) is 71.4 Å². The molecule has 29 heavy (non-hydrogen) atoms. The molecule has 2 aromatic rings. The third-order valence-corrected chi connectivity index (χ3v) is 6.57. The summed E-state index contributed by atoms with van der Waals surface area (Å²) in [5, 5.41) is 2.93. The molecule has 2 aliphatic rings. The van der Waals surface area contributed by atoms with Crippen LogP contribution in [0.1, 0.15) is 37.8 Å². The summed E-state index contributed by atoms with van der Waals surface area (Å²) in [6.45, 7) is 6.24. The average Bonchev–Trinajstić information content (AvgIpc) is 3.21. The van der Waals surface area contributed by atoms with Crippen molar-refractivity contribution in [2.45, 2.75) is 39.7 Å². The average molecular weight is 412 g/mol. The van der Waals surface area contributed by atoms with Gasteiger partial charge >= 0.3 is 0 Å². The van der Waals surface area contributed by atoms with Gasteiger partial charge in [-0.25, -0.2) is 0 Å². The molecule has 0 atom stereocenters. The predicted octanol–water partition coefficient (Wildman–Crippen LogP) is 3.79. The number of hydrogen-bond acceptors (Lipinski definition) is 4. The van der Waals surface area contributed by atoms with E-state index in [1.54, 1.807) is 6.08 Å². The second-order valence-corrected chi connectivity index (χ2v) is 8.81. The number of benzene rings is 1. The van der Waals surface area contributed by atoms with Gasteiger partial charge in [-0.2, -0.15) is 0 Å². The van der Waals surface area contributed by atoms with E-state index in [0.717, 1.165) is 66.1 Å². The first-order valence-corrected chi connectivity index (χ1v) is 10.9. The highest BCUT2D eigenvalue weighted by Crippen LogP contribution is 2.31. The number of hydrogen-bond donors (Lipinski definition) is 1. The van der Waals surface area contributed by atoms with Gasteiger partial charge in [0.05, 0.1) is 10.4 Å². The largest absolute Gasteiger partial charge is 0.341 e. The van der Waals surface area contributed by atoms with Crippen LogP contribution in [-0.4, -0.2) is 39.6 Å². The number of carbonyl (C=O) groups excluding carboxylic acids is 3. The van der Waals surface area contributed by atoms with Crippen molar-refractivity contribution in [2.75, 3.05) is 13.1 Å². The number of thioether (sulfide) groups is 1. The lowest BCUT2D eigenvalue weighted by atomic mass is 9.99. The van der Waals surface area contributed by atoms with Gasteiger partial charge in [0.25, 0.3) is 11.1 Å². The maximum Gasteiger partial charge on any atom is 0.290 e. The normalized spacial score (nSPS) is 19.4. The molecule has 0 bridgehead atoms. The molecule has 152 valence electrons. The molecular formula is C22H25N3O3S. The summed E-state index contributed by atoms with van der Waals surface area (Å²) < 4.78 is 2.00. The van der Waals surface area contributed by atoms with Gasteiger partial charge in [0, 0.05) is 30.2 Å². The Kier molecular flexibility index (Phi) is 5.50. The summed E-state index contributed by atoms with van der Waals surface area (Å²) in [6.07, 6.45) is 6.63. The van der Waals surface area contributed by atoms with Crippen LogP contribution in [0.4, 0.5) is 4.79 Å². The first-order chi connectivity index (χ1) is 14.0. The number of aryl methyl sites for hydroxylation is 1. The Bertz CT molecular complexity index is 1020. The zero-order valence-electron chi connectivity index (χ0n) is 16.7. The Morgan fingerprint density at radius 2 is 2.03 bits per heavy atom. The molecule has 0 spiro atoms. The highest BCUT2D eigenvalue weighted by molar-refractivity contribution is 8.18. The van der Waals surface area contributed by atoms with E-state index in [0.29, 0.717) is 10.8 Å². The molecule has 2 saturated heterocycles. The maximum absolute atomic E-state index is 12.9. The molecule has 4 rings (SSSR count). The van der Waals surface area contributed by atoms with Gasteiger partial charge in [-0.3, -0.25) is 19.7 Å². The van der Waals surface area contributed by atoms with Crippen LogP contribution in [-0.2, 0) is 22.6 Å². The van der Waals surface area contributed by atoms with Gasteiger partial charge in [-0.1, -0.05) is 32.0 Å². The molecule has 3 amide bonds. The first kappa shape index (κ1) is 19.8. The Labute approximate surface area is 174 Å². The molecule has 6 nitrogen and oxygen atoms in total.